The maximum Gasteiger partial charge on any atom is 0.337 e. The van der Waals surface area contributed by atoms with Gasteiger partial charge in [0.1, 0.15) is 5.75 Å². The number of carbonyl (C=O) groups excluding carboxylic acids is 1. The minimum atomic E-state index is -0.457. The van der Waals surface area contributed by atoms with Crippen molar-refractivity contribution in [1.82, 2.24) is 0 Å². The first-order valence-corrected chi connectivity index (χ1v) is 7.08. The second-order valence-electron chi connectivity index (χ2n) is 4.36. The highest BCUT2D eigenvalue weighted by Crippen LogP contribution is 2.37. The summed E-state index contributed by atoms with van der Waals surface area (Å²) in [6.45, 7) is 3.84. The van der Waals surface area contributed by atoms with Crippen molar-refractivity contribution in [2.75, 3.05) is 14.2 Å². The number of hydrogen-bond donors (Lipinski definition) is 0. The molecule has 0 saturated carbocycles. The summed E-state index contributed by atoms with van der Waals surface area (Å²) in [6, 6.07) is 13.3. The second-order valence-corrected chi connectivity index (χ2v) is 5.28. The van der Waals surface area contributed by atoms with Crippen molar-refractivity contribution in [3.05, 3.63) is 59.1 Å². The zero-order valence-corrected chi connectivity index (χ0v) is 13.4. The molecule has 0 saturated heterocycles. The summed E-state index contributed by atoms with van der Waals surface area (Å²) in [6.07, 6.45) is 0. The van der Waals surface area contributed by atoms with Crippen LogP contribution in [0.4, 0.5) is 0 Å². The van der Waals surface area contributed by atoms with Crippen molar-refractivity contribution in [2.45, 2.75) is 0 Å². The number of ether oxygens (including phenoxy) is 2. The maximum absolute atomic E-state index is 11.8. The normalized spacial score (nSPS) is 10.0. The second kappa shape index (κ2) is 6.59. The number of methoxy groups -OCH3 is 2. The van der Waals surface area contributed by atoms with E-state index < -0.39 is 5.97 Å². The van der Waals surface area contributed by atoms with Gasteiger partial charge < -0.3 is 9.47 Å². The highest BCUT2D eigenvalue weighted by atomic mass is 79.9. The summed E-state index contributed by atoms with van der Waals surface area (Å²) in [5.74, 6) is 0.224. The minimum Gasteiger partial charge on any atom is -0.496 e. The van der Waals surface area contributed by atoms with Gasteiger partial charge in [-0.1, -0.05) is 46.8 Å². The Kier molecular flexibility index (Phi) is 4.81. The third-order valence-corrected chi connectivity index (χ3v) is 3.66. The van der Waals surface area contributed by atoms with Gasteiger partial charge in [0.2, 0.25) is 0 Å². The summed E-state index contributed by atoms with van der Waals surface area (Å²) >= 11 is 3.41. The van der Waals surface area contributed by atoms with Crippen molar-refractivity contribution in [2.24, 2.45) is 0 Å². The molecule has 0 bridgehead atoms. The van der Waals surface area contributed by atoms with Gasteiger partial charge in [0.05, 0.1) is 19.8 Å². The largest absolute Gasteiger partial charge is 0.496 e. The number of carbonyl (C=O) groups is 1. The first-order valence-electron chi connectivity index (χ1n) is 6.29. The lowest BCUT2D eigenvalue weighted by Gasteiger charge is -2.15. The van der Waals surface area contributed by atoms with E-state index in [2.05, 4.69) is 22.5 Å². The molecule has 0 aliphatic heterocycles. The maximum atomic E-state index is 11.8. The molecule has 0 fully saturated rings. The van der Waals surface area contributed by atoms with E-state index in [0.717, 1.165) is 15.6 Å². The Morgan fingerprint density at radius 1 is 1.10 bits per heavy atom. The molecule has 108 valence electrons. The number of hydrogen-bond acceptors (Lipinski definition) is 3. The summed E-state index contributed by atoms with van der Waals surface area (Å²) < 4.78 is 11.2. The zero-order valence-electron chi connectivity index (χ0n) is 11.9. The van der Waals surface area contributed by atoms with E-state index in [0.29, 0.717) is 16.9 Å². The number of halogens is 1. The fourth-order valence-electron chi connectivity index (χ4n) is 2.10. The topological polar surface area (TPSA) is 35.5 Å². The zero-order chi connectivity index (χ0) is 15.4. The monoisotopic (exact) mass is 346 g/mol. The number of benzene rings is 2. The van der Waals surface area contributed by atoms with Gasteiger partial charge in [0.25, 0.3) is 0 Å². The Morgan fingerprint density at radius 2 is 1.76 bits per heavy atom. The molecule has 4 heteroatoms. The van der Waals surface area contributed by atoms with Gasteiger partial charge >= 0.3 is 5.97 Å². The molecule has 0 heterocycles. The quantitative estimate of drug-likeness (QED) is 0.611. The van der Waals surface area contributed by atoms with E-state index >= 15 is 0 Å². The van der Waals surface area contributed by atoms with Gasteiger partial charge in [-0.2, -0.15) is 0 Å². The Morgan fingerprint density at radius 3 is 2.33 bits per heavy atom. The predicted octanol–water partition coefficient (Wildman–Crippen LogP) is 4.31. The Hall–Kier alpha value is -2.07. The molecule has 21 heavy (non-hydrogen) atoms. The minimum absolute atomic E-state index is 0.300. The molecule has 0 N–H and O–H groups in total. The number of esters is 1. The van der Waals surface area contributed by atoms with Crippen LogP contribution in [0.25, 0.3) is 16.7 Å². The lowest BCUT2D eigenvalue weighted by atomic mass is 9.94. The van der Waals surface area contributed by atoms with Gasteiger partial charge in [0.15, 0.2) is 0 Å². The van der Waals surface area contributed by atoms with Gasteiger partial charge in [0, 0.05) is 10.0 Å². The Labute approximate surface area is 132 Å². The van der Waals surface area contributed by atoms with Gasteiger partial charge in [-0.25, -0.2) is 4.79 Å². The van der Waals surface area contributed by atoms with Crippen LogP contribution in [-0.4, -0.2) is 20.2 Å². The molecule has 3 nitrogen and oxygen atoms in total. The van der Waals surface area contributed by atoms with Crippen LogP contribution in [0.15, 0.2) is 53.5 Å². The van der Waals surface area contributed by atoms with Crippen LogP contribution >= 0.6 is 15.9 Å². The lowest BCUT2D eigenvalue weighted by molar-refractivity contribution is -0.133. The molecular formula is C17H15BrO3. The predicted molar refractivity (Wildman–Crippen MR) is 87.2 cm³/mol. The third-order valence-electron chi connectivity index (χ3n) is 3.14. The van der Waals surface area contributed by atoms with E-state index in [4.69, 9.17) is 9.47 Å². The molecule has 0 amide bonds. The van der Waals surface area contributed by atoms with Crippen LogP contribution in [0, 0.1) is 0 Å². The Balaban J connectivity index is 2.64. The molecule has 2 aromatic carbocycles. The average Bonchev–Trinajstić information content (AvgIpc) is 2.53. The summed E-state index contributed by atoms with van der Waals surface area (Å²) in [5, 5.41) is 0. The molecule has 2 rings (SSSR count). The molecule has 0 radical (unpaired) electrons. The van der Waals surface area contributed by atoms with Crippen LogP contribution in [0.5, 0.6) is 5.75 Å². The molecule has 0 aliphatic rings. The van der Waals surface area contributed by atoms with E-state index in [1.54, 1.807) is 7.11 Å². The van der Waals surface area contributed by atoms with Crippen LogP contribution < -0.4 is 4.74 Å². The molecule has 0 atom stereocenters. The van der Waals surface area contributed by atoms with Crippen LogP contribution in [-0.2, 0) is 9.53 Å². The van der Waals surface area contributed by atoms with Crippen molar-refractivity contribution >= 4 is 27.5 Å². The van der Waals surface area contributed by atoms with E-state index in [1.165, 1.54) is 7.11 Å². The molecule has 2 aromatic rings. The molecule has 0 unspecified atom stereocenters. The summed E-state index contributed by atoms with van der Waals surface area (Å²) in [5.41, 5.74) is 2.76. The summed E-state index contributed by atoms with van der Waals surface area (Å²) in [4.78, 5) is 11.8. The lowest BCUT2D eigenvalue weighted by Crippen LogP contribution is -2.04. The van der Waals surface area contributed by atoms with Gasteiger partial charge in [-0.15, -0.1) is 0 Å². The fourth-order valence-corrected chi connectivity index (χ4v) is 2.36. The van der Waals surface area contributed by atoms with Crippen molar-refractivity contribution in [3.8, 4) is 16.9 Å². The van der Waals surface area contributed by atoms with Crippen molar-refractivity contribution in [3.63, 3.8) is 0 Å². The fraction of sp³-hybridized carbons (Fsp3) is 0.118. The van der Waals surface area contributed by atoms with Crippen molar-refractivity contribution < 1.29 is 14.3 Å². The van der Waals surface area contributed by atoms with Crippen LogP contribution in [0.2, 0.25) is 0 Å². The highest BCUT2D eigenvalue weighted by molar-refractivity contribution is 9.10. The van der Waals surface area contributed by atoms with E-state index in [9.17, 15) is 4.79 Å². The van der Waals surface area contributed by atoms with E-state index in [-0.39, 0.29) is 0 Å². The van der Waals surface area contributed by atoms with Gasteiger partial charge in [-0.05, 0) is 29.3 Å². The highest BCUT2D eigenvalue weighted by Gasteiger charge is 2.18. The van der Waals surface area contributed by atoms with Crippen LogP contribution in [0.3, 0.4) is 0 Å². The Bertz CT molecular complexity index is 675. The standard InChI is InChI=1S/C17H15BrO3/c1-11(17(19)21-3)14-5-4-6-15(20-2)16(14)12-7-9-13(18)10-8-12/h4-10H,1H2,2-3H3. The first-order chi connectivity index (χ1) is 10.1. The van der Waals surface area contributed by atoms with E-state index in [1.807, 2.05) is 42.5 Å². The summed E-state index contributed by atoms with van der Waals surface area (Å²) in [7, 11) is 2.94. The third kappa shape index (κ3) is 3.16. The first kappa shape index (κ1) is 15.3. The van der Waals surface area contributed by atoms with Gasteiger partial charge in [-0.3, -0.25) is 0 Å². The molecule has 0 spiro atoms. The SMILES string of the molecule is C=C(C(=O)OC)c1cccc(OC)c1-c1ccc(Br)cc1. The van der Waals surface area contributed by atoms with Crippen molar-refractivity contribution in [1.29, 1.82) is 0 Å². The average molecular weight is 347 g/mol. The smallest absolute Gasteiger partial charge is 0.337 e. The number of rotatable bonds is 4. The molecular weight excluding hydrogens is 332 g/mol. The molecule has 0 aliphatic carbocycles. The molecule has 0 aromatic heterocycles. The van der Waals surface area contributed by atoms with Crippen LogP contribution in [0.1, 0.15) is 5.56 Å².